The Morgan fingerprint density at radius 2 is 2.00 bits per heavy atom. The van der Waals surface area contributed by atoms with Crippen molar-refractivity contribution in [2.75, 3.05) is 6.54 Å². The van der Waals surface area contributed by atoms with Gasteiger partial charge in [0.1, 0.15) is 8.24 Å². The van der Waals surface area contributed by atoms with Crippen LogP contribution >= 0.6 is 0 Å². The van der Waals surface area contributed by atoms with E-state index in [0.717, 1.165) is 5.54 Å². The number of hydrogen-bond acceptors (Lipinski definition) is 1. The Morgan fingerprint density at radius 1 is 1.38 bits per heavy atom. The lowest BCUT2D eigenvalue weighted by Gasteiger charge is -2.55. The average Bonchev–Trinajstić information content (AvgIpc) is 2.30. The van der Waals surface area contributed by atoms with E-state index in [4.69, 9.17) is 0 Å². The molecule has 0 spiro atoms. The Bertz CT molecular complexity index is 372. The van der Waals surface area contributed by atoms with Crippen LogP contribution in [-0.4, -0.2) is 19.3 Å². The molecule has 1 saturated heterocycles. The minimum atomic E-state index is -1.19. The predicted molar refractivity (Wildman–Crippen MR) is 73.0 cm³/mol. The Kier molecular flexibility index (Phi) is 3.04. The van der Waals surface area contributed by atoms with Crippen molar-refractivity contribution in [3.8, 4) is 0 Å². The first-order chi connectivity index (χ1) is 7.57. The largest absolute Gasteiger partial charge is 0.314 e. The molecule has 16 heavy (non-hydrogen) atoms. The third-order valence-electron chi connectivity index (χ3n) is 4.12. The molecule has 0 aliphatic carbocycles. The van der Waals surface area contributed by atoms with Gasteiger partial charge in [-0.1, -0.05) is 56.4 Å². The van der Waals surface area contributed by atoms with E-state index in [1.54, 1.807) is 0 Å². The fraction of sp³-hybridized carbons (Fsp3) is 0.429. The third-order valence-corrected chi connectivity index (χ3v) is 8.65. The molecular formula is C14H21NSi. The van der Waals surface area contributed by atoms with Gasteiger partial charge in [-0.25, -0.2) is 0 Å². The van der Waals surface area contributed by atoms with Crippen molar-refractivity contribution in [2.45, 2.75) is 31.6 Å². The van der Waals surface area contributed by atoms with Gasteiger partial charge >= 0.3 is 0 Å². The van der Waals surface area contributed by atoms with Gasteiger partial charge in [0.25, 0.3) is 0 Å². The van der Waals surface area contributed by atoms with Crippen LogP contribution < -0.4 is 0 Å². The van der Waals surface area contributed by atoms with E-state index in [0.29, 0.717) is 6.04 Å². The van der Waals surface area contributed by atoms with E-state index < -0.39 is 8.24 Å². The van der Waals surface area contributed by atoms with Crippen LogP contribution in [0.4, 0.5) is 0 Å². The predicted octanol–water partition coefficient (Wildman–Crippen LogP) is 3.82. The van der Waals surface area contributed by atoms with E-state index in [1.807, 2.05) is 0 Å². The topological polar surface area (TPSA) is 3.24 Å². The Morgan fingerprint density at radius 3 is 2.44 bits per heavy atom. The summed E-state index contributed by atoms with van der Waals surface area (Å²) in [4.78, 5) is 0. The minimum Gasteiger partial charge on any atom is -0.314 e. The van der Waals surface area contributed by atoms with Crippen molar-refractivity contribution >= 4 is 8.24 Å². The first kappa shape index (κ1) is 11.6. The summed E-state index contributed by atoms with van der Waals surface area (Å²) in [6.07, 6.45) is 2.09. The van der Waals surface area contributed by atoms with E-state index >= 15 is 0 Å². The fourth-order valence-electron chi connectivity index (χ4n) is 2.49. The van der Waals surface area contributed by atoms with E-state index in [2.05, 4.69) is 67.6 Å². The SMILES string of the molecule is C=CC(c1ccccc1)N1CC(C)[Si]1(C)C. The van der Waals surface area contributed by atoms with Crippen molar-refractivity contribution in [3.63, 3.8) is 0 Å². The maximum atomic E-state index is 4.01. The standard InChI is InChI=1S/C14H21NSi/c1-5-14(13-9-7-6-8-10-13)15-11-12(2)16(15,3)4/h5-10,12,14H,1,11H2,2-4H3. The highest BCUT2D eigenvalue weighted by Gasteiger charge is 2.47. The summed E-state index contributed by atoms with van der Waals surface area (Å²) in [7, 11) is -1.19. The van der Waals surface area contributed by atoms with Crippen LogP contribution in [0.25, 0.3) is 0 Å². The number of nitrogens with zero attached hydrogens (tertiary/aromatic N) is 1. The van der Waals surface area contributed by atoms with Crippen LogP contribution in [0, 0.1) is 0 Å². The zero-order valence-electron chi connectivity index (χ0n) is 10.5. The van der Waals surface area contributed by atoms with Crippen LogP contribution in [0.1, 0.15) is 18.5 Å². The molecule has 1 nitrogen and oxygen atoms in total. The summed E-state index contributed by atoms with van der Waals surface area (Å²) < 4.78 is 2.67. The molecule has 2 unspecified atom stereocenters. The molecule has 2 rings (SSSR count). The summed E-state index contributed by atoms with van der Waals surface area (Å²) in [5, 5.41) is 0. The summed E-state index contributed by atoms with van der Waals surface area (Å²) in [5.74, 6) is 0. The highest BCUT2D eigenvalue weighted by atomic mass is 28.3. The molecule has 1 aromatic carbocycles. The van der Waals surface area contributed by atoms with Crippen LogP contribution in [-0.2, 0) is 0 Å². The van der Waals surface area contributed by atoms with Gasteiger partial charge in [0, 0.05) is 6.04 Å². The molecule has 0 aromatic heterocycles. The molecule has 86 valence electrons. The number of hydrogen-bond donors (Lipinski definition) is 0. The molecule has 0 N–H and O–H groups in total. The molecule has 1 aliphatic heterocycles. The van der Waals surface area contributed by atoms with Gasteiger partial charge in [0.2, 0.25) is 0 Å². The Balaban J connectivity index is 2.23. The monoisotopic (exact) mass is 231 g/mol. The van der Waals surface area contributed by atoms with Crippen molar-refractivity contribution in [1.82, 2.24) is 4.57 Å². The maximum absolute atomic E-state index is 4.01. The quantitative estimate of drug-likeness (QED) is 0.564. The van der Waals surface area contributed by atoms with Crippen molar-refractivity contribution in [2.24, 2.45) is 0 Å². The zero-order valence-corrected chi connectivity index (χ0v) is 11.5. The maximum Gasteiger partial charge on any atom is 0.127 e. The average molecular weight is 231 g/mol. The summed E-state index contributed by atoms with van der Waals surface area (Å²) in [5.41, 5.74) is 2.28. The number of benzene rings is 1. The van der Waals surface area contributed by atoms with E-state index in [-0.39, 0.29) is 0 Å². The van der Waals surface area contributed by atoms with Gasteiger partial charge < -0.3 is 4.57 Å². The second-order valence-electron chi connectivity index (χ2n) is 5.30. The molecule has 0 bridgehead atoms. The fourth-order valence-corrected chi connectivity index (χ4v) is 5.10. The smallest absolute Gasteiger partial charge is 0.127 e. The molecule has 0 radical (unpaired) electrons. The van der Waals surface area contributed by atoms with Gasteiger partial charge in [-0.15, -0.1) is 6.58 Å². The normalized spacial score (nSPS) is 25.8. The van der Waals surface area contributed by atoms with E-state index in [9.17, 15) is 0 Å². The third kappa shape index (κ3) is 1.76. The molecule has 0 saturated carbocycles. The minimum absolute atomic E-state index is 0.416. The van der Waals surface area contributed by atoms with Gasteiger partial charge in [0.05, 0.1) is 0 Å². The summed E-state index contributed by atoms with van der Waals surface area (Å²) >= 11 is 0. The summed E-state index contributed by atoms with van der Waals surface area (Å²) in [6.45, 7) is 12.5. The van der Waals surface area contributed by atoms with Crippen LogP contribution in [0.5, 0.6) is 0 Å². The Hall–Kier alpha value is -0.863. The van der Waals surface area contributed by atoms with Crippen LogP contribution in [0.15, 0.2) is 43.0 Å². The lowest BCUT2D eigenvalue weighted by Crippen LogP contribution is -2.64. The second kappa shape index (κ2) is 4.19. The Labute approximate surface area is 99.9 Å². The molecule has 1 aliphatic rings. The van der Waals surface area contributed by atoms with Gasteiger partial charge in [-0.3, -0.25) is 0 Å². The molecule has 2 heteroatoms. The van der Waals surface area contributed by atoms with Gasteiger partial charge in [-0.05, 0) is 17.6 Å². The number of rotatable bonds is 3. The lowest BCUT2D eigenvalue weighted by molar-refractivity contribution is 0.296. The highest BCUT2D eigenvalue weighted by molar-refractivity contribution is 6.78. The first-order valence-electron chi connectivity index (χ1n) is 6.01. The van der Waals surface area contributed by atoms with Crippen molar-refractivity contribution in [3.05, 3.63) is 48.6 Å². The second-order valence-corrected chi connectivity index (χ2v) is 10.2. The molecule has 1 fully saturated rings. The van der Waals surface area contributed by atoms with Gasteiger partial charge in [0.15, 0.2) is 0 Å². The summed E-state index contributed by atoms with van der Waals surface area (Å²) in [6, 6.07) is 11.1. The van der Waals surface area contributed by atoms with Gasteiger partial charge in [-0.2, -0.15) is 0 Å². The molecular weight excluding hydrogens is 210 g/mol. The van der Waals surface area contributed by atoms with Crippen LogP contribution in [0.3, 0.4) is 0 Å². The van der Waals surface area contributed by atoms with Crippen molar-refractivity contribution < 1.29 is 0 Å². The molecule has 2 atom stereocenters. The molecule has 1 aromatic rings. The van der Waals surface area contributed by atoms with Crippen LogP contribution in [0.2, 0.25) is 18.6 Å². The lowest BCUT2D eigenvalue weighted by atomic mass is 10.1. The van der Waals surface area contributed by atoms with E-state index in [1.165, 1.54) is 12.1 Å². The first-order valence-corrected chi connectivity index (χ1v) is 9.04. The highest BCUT2D eigenvalue weighted by Crippen LogP contribution is 2.43. The molecule has 1 heterocycles. The molecule has 0 amide bonds. The zero-order chi connectivity index (χ0) is 11.8. The van der Waals surface area contributed by atoms with Crippen molar-refractivity contribution in [1.29, 1.82) is 0 Å².